The van der Waals surface area contributed by atoms with Crippen LogP contribution in [-0.2, 0) is 9.53 Å². The van der Waals surface area contributed by atoms with E-state index in [-0.39, 0.29) is 12.4 Å². The zero-order valence-corrected chi connectivity index (χ0v) is 12.1. The minimum absolute atomic E-state index is 0.0820. The van der Waals surface area contributed by atoms with Crippen molar-refractivity contribution in [3.05, 3.63) is 64.9 Å². The second kappa shape index (κ2) is 7.09. The van der Waals surface area contributed by atoms with Crippen LogP contribution in [0.4, 0.5) is 4.39 Å². The van der Waals surface area contributed by atoms with Crippen molar-refractivity contribution in [2.75, 3.05) is 13.7 Å². The Hall–Kier alpha value is -2.07. The Balaban J connectivity index is 2.13. The Labute approximate surface area is 127 Å². The highest BCUT2D eigenvalue weighted by atomic mass is 35.5. The fourth-order valence-corrected chi connectivity index (χ4v) is 2.08. The van der Waals surface area contributed by atoms with Gasteiger partial charge in [-0.2, -0.15) is 0 Å². The zero-order valence-electron chi connectivity index (χ0n) is 11.4. The van der Waals surface area contributed by atoms with E-state index in [0.29, 0.717) is 16.3 Å². The number of esters is 1. The Morgan fingerprint density at radius 3 is 2.57 bits per heavy atom. The number of halogens is 2. The first kappa shape index (κ1) is 15.3. The molecule has 0 aliphatic rings. The molecule has 0 fully saturated rings. The summed E-state index contributed by atoms with van der Waals surface area (Å²) in [6.45, 7) is 0.0820. The first-order chi connectivity index (χ1) is 10.1. The van der Waals surface area contributed by atoms with E-state index in [9.17, 15) is 9.18 Å². The van der Waals surface area contributed by atoms with Gasteiger partial charge in [-0.1, -0.05) is 23.7 Å². The Morgan fingerprint density at radius 2 is 1.95 bits per heavy atom. The van der Waals surface area contributed by atoms with Gasteiger partial charge in [0.2, 0.25) is 0 Å². The molecule has 0 amide bonds. The Kier molecular flexibility index (Phi) is 5.17. The molecule has 2 aromatic rings. The molecule has 0 aliphatic carbocycles. The van der Waals surface area contributed by atoms with E-state index in [2.05, 4.69) is 0 Å². The summed E-state index contributed by atoms with van der Waals surface area (Å²) in [5.41, 5.74) is 0.705. The number of rotatable bonds is 5. The number of hydrogen-bond acceptors (Lipinski definition) is 3. The summed E-state index contributed by atoms with van der Waals surface area (Å²) in [7, 11) is 1.32. The second-order valence-corrected chi connectivity index (χ2v) is 4.83. The van der Waals surface area contributed by atoms with Crippen molar-refractivity contribution < 1.29 is 18.7 Å². The van der Waals surface area contributed by atoms with Gasteiger partial charge in [-0.25, -0.2) is 4.39 Å². The highest BCUT2D eigenvalue weighted by molar-refractivity contribution is 6.30. The standard InChI is InChI=1S/C16H14ClFO3/c1-20-16(19)15(11-3-2-4-12(17)9-11)10-21-14-7-5-13(18)6-8-14/h2-9,15H,10H2,1H3. The summed E-state index contributed by atoms with van der Waals surface area (Å²) in [6, 6.07) is 12.5. The zero-order chi connectivity index (χ0) is 15.2. The lowest BCUT2D eigenvalue weighted by Crippen LogP contribution is -2.21. The number of carbonyl (C=O) groups is 1. The molecule has 110 valence electrons. The molecular weight excluding hydrogens is 295 g/mol. The molecule has 5 heteroatoms. The van der Waals surface area contributed by atoms with Gasteiger partial charge in [0.1, 0.15) is 24.1 Å². The van der Waals surface area contributed by atoms with Gasteiger partial charge in [0.05, 0.1) is 7.11 Å². The van der Waals surface area contributed by atoms with Gasteiger partial charge in [0.15, 0.2) is 0 Å². The summed E-state index contributed by atoms with van der Waals surface area (Å²) < 4.78 is 23.2. The largest absolute Gasteiger partial charge is 0.492 e. The van der Waals surface area contributed by atoms with Crippen LogP contribution in [0.15, 0.2) is 48.5 Å². The molecule has 2 aromatic carbocycles. The molecule has 0 radical (unpaired) electrons. The molecule has 21 heavy (non-hydrogen) atoms. The highest BCUT2D eigenvalue weighted by Gasteiger charge is 2.22. The van der Waals surface area contributed by atoms with Crippen LogP contribution in [0, 0.1) is 5.82 Å². The lowest BCUT2D eigenvalue weighted by Gasteiger charge is -2.16. The van der Waals surface area contributed by atoms with E-state index in [0.717, 1.165) is 0 Å². The minimum Gasteiger partial charge on any atom is -0.492 e. The van der Waals surface area contributed by atoms with Crippen molar-refractivity contribution >= 4 is 17.6 Å². The molecule has 0 N–H and O–H groups in total. The Morgan fingerprint density at radius 1 is 1.24 bits per heavy atom. The molecule has 0 saturated heterocycles. The average molecular weight is 309 g/mol. The first-order valence-electron chi connectivity index (χ1n) is 6.32. The topological polar surface area (TPSA) is 35.5 Å². The van der Waals surface area contributed by atoms with Gasteiger partial charge in [0.25, 0.3) is 0 Å². The number of hydrogen-bond donors (Lipinski definition) is 0. The molecule has 1 atom stereocenters. The smallest absolute Gasteiger partial charge is 0.316 e. The molecule has 0 bridgehead atoms. The fraction of sp³-hybridized carbons (Fsp3) is 0.188. The van der Waals surface area contributed by atoms with Gasteiger partial charge < -0.3 is 9.47 Å². The van der Waals surface area contributed by atoms with Crippen molar-refractivity contribution in [3.63, 3.8) is 0 Å². The maximum Gasteiger partial charge on any atom is 0.316 e. The summed E-state index contributed by atoms with van der Waals surface area (Å²) in [5, 5.41) is 0.531. The van der Waals surface area contributed by atoms with Crippen molar-refractivity contribution in [2.24, 2.45) is 0 Å². The fourth-order valence-electron chi connectivity index (χ4n) is 1.88. The third-order valence-electron chi connectivity index (χ3n) is 2.97. The van der Waals surface area contributed by atoms with Gasteiger partial charge in [-0.15, -0.1) is 0 Å². The number of methoxy groups -OCH3 is 1. The summed E-state index contributed by atoms with van der Waals surface area (Å²) >= 11 is 5.94. The third kappa shape index (κ3) is 4.20. The molecule has 0 aromatic heterocycles. The molecular formula is C16H14ClFO3. The van der Waals surface area contributed by atoms with E-state index in [1.165, 1.54) is 31.4 Å². The van der Waals surface area contributed by atoms with Crippen molar-refractivity contribution in [3.8, 4) is 5.75 Å². The average Bonchev–Trinajstić information content (AvgIpc) is 2.49. The van der Waals surface area contributed by atoms with E-state index in [4.69, 9.17) is 21.1 Å². The molecule has 0 aliphatic heterocycles. The van der Waals surface area contributed by atoms with Gasteiger partial charge >= 0.3 is 5.97 Å². The molecule has 0 spiro atoms. The molecule has 0 saturated carbocycles. The monoisotopic (exact) mass is 308 g/mol. The van der Waals surface area contributed by atoms with E-state index in [1.54, 1.807) is 24.3 Å². The van der Waals surface area contributed by atoms with Crippen LogP contribution in [-0.4, -0.2) is 19.7 Å². The van der Waals surface area contributed by atoms with Crippen molar-refractivity contribution in [2.45, 2.75) is 5.92 Å². The highest BCUT2D eigenvalue weighted by Crippen LogP contribution is 2.23. The normalized spacial score (nSPS) is 11.8. The van der Waals surface area contributed by atoms with Crippen LogP contribution in [0.3, 0.4) is 0 Å². The maximum atomic E-state index is 12.8. The van der Waals surface area contributed by atoms with Crippen LogP contribution in [0.5, 0.6) is 5.75 Å². The van der Waals surface area contributed by atoms with Crippen LogP contribution >= 0.6 is 11.6 Å². The van der Waals surface area contributed by atoms with Gasteiger partial charge in [0, 0.05) is 5.02 Å². The Bertz CT molecular complexity index is 613. The number of benzene rings is 2. The van der Waals surface area contributed by atoms with Crippen LogP contribution in [0.2, 0.25) is 5.02 Å². The van der Waals surface area contributed by atoms with Gasteiger partial charge in [-0.3, -0.25) is 4.79 Å². The van der Waals surface area contributed by atoms with E-state index in [1.807, 2.05) is 0 Å². The third-order valence-corrected chi connectivity index (χ3v) is 3.20. The van der Waals surface area contributed by atoms with E-state index >= 15 is 0 Å². The summed E-state index contributed by atoms with van der Waals surface area (Å²) in [6.07, 6.45) is 0. The van der Waals surface area contributed by atoms with Gasteiger partial charge in [-0.05, 0) is 42.0 Å². The lowest BCUT2D eigenvalue weighted by molar-refractivity contribution is -0.143. The molecule has 2 rings (SSSR count). The van der Waals surface area contributed by atoms with Crippen LogP contribution in [0.1, 0.15) is 11.5 Å². The number of ether oxygens (including phenoxy) is 2. The SMILES string of the molecule is COC(=O)C(COc1ccc(F)cc1)c1cccc(Cl)c1. The summed E-state index contributed by atoms with van der Waals surface area (Å²) in [4.78, 5) is 11.9. The number of carbonyl (C=O) groups excluding carboxylic acids is 1. The van der Waals surface area contributed by atoms with Crippen LogP contribution in [0.25, 0.3) is 0 Å². The quantitative estimate of drug-likeness (QED) is 0.788. The van der Waals surface area contributed by atoms with Crippen molar-refractivity contribution in [1.29, 1.82) is 0 Å². The first-order valence-corrected chi connectivity index (χ1v) is 6.69. The molecule has 3 nitrogen and oxygen atoms in total. The van der Waals surface area contributed by atoms with E-state index < -0.39 is 11.9 Å². The van der Waals surface area contributed by atoms with Crippen molar-refractivity contribution in [1.82, 2.24) is 0 Å². The maximum absolute atomic E-state index is 12.8. The minimum atomic E-state index is -0.598. The molecule has 1 unspecified atom stereocenters. The summed E-state index contributed by atoms with van der Waals surface area (Å²) in [5.74, 6) is -0.882. The predicted molar refractivity (Wildman–Crippen MR) is 78.1 cm³/mol. The van der Waals surface area contributed by atoms with Crippen LogP contribution < -0.4 is 4.74 Å². The lowest BCUT2D eigenvalue weighted by atomic mass is 10.0. The molecule has 0 heterocycles. The predicted octanol–water partition coefficient (Wildman–Crippen LogP) is 3.81. The second-order valence-electron chi connectivity index (χ2n) is 4.40.